The van der Waals surface area contributed by atoms with Crippen molar-refractivity contribution in [1.29, 1.82) is 0 Å². The van der Waals surface area contributed by atoms with Crippen LogP contribution in [0.1, 0.15) is 33.3 Å². The van der Waals surface area contributed by atoms with Crippen LogP contribution in [0.25, 0.3) is 0 Å². The van der Waals surface area contributed by atoms with E-state index in [1.54, 1.807) is 31.4 Å². The van der Waals surface area contributed by atoms with Crippen molar-refractivity contribution in [3.8, 4) is 5.75 Å². The van der Waals surface area contributed by atoms with Gasteiger partial charge in [0.25, 0.3) is 5.91 Å². The third kappa shape index (κ3) is 4.70. The van der Waals surface area contributed by atoms with Crippen LogP contribution in [-0.4, -0.2) is 28.8 Å². The highest BCUT2D eigenvalue weighted by Gasteiger charge is 2.11. The Morgan fingerprint density at radius 2 is 1.89 bits per heavy atom. The summed E-state index contributed by atoms with van der Waals surface area (Å²) in [7, 11) is 1.61. The van der Waals surface area contributed by atoms with Crippen molar-refractivity contribution >= 4 is 23.3 Å². The van der Waals surface area contributed by atoms with E-state index in [0.29, 0.717) is 23.7 Å². The number of nitrogens with one attached hydrogen (secondary N) is 2. The number of nitrogens with zero attached hydrogens (tertiary/aromatic N) is 2. The lowest BCUT2D eigenvalue weighted by Crippen LogP contribution is -2.15. The number of anilines is 2. The van der Waals surface area contributed by atoms with E-state index >= 15 is 0 Å². The maximum atomic E-state index is 12.5. The van der Waals surface area contributed by atoms with Crippen LogP contribution in [-0.2, 0) is 6.54 Å². The zero-order chi connectivity index (χ0) is 19.9. The zero-order valence-electron chi connectivity index (χ0n) is 15.6. The van der Waals surface area contributed by atoms with Crippen molar-refractivity contribution in [2.24, 2.45) is 0 Å². The van der Waals surface area contributed by atoms with Crippen LogP contribution in [0.5, 0.6) is 5.75 Å². The molecule has 3 rings (SSSR count). The summed E-state index contributed by atoms with van der Waals surface area (Å²) >= 11 is 0. The number of amides is 1. The van der Waals surface area contributed by atoms with Gasteiger partial charge in [0.05, 0.1) is 7.11 Å². The first kappa shape index (κ1) is 19.0. The fraction of sp³-hybridized carbons (Fsp3) is 0.143. The van der Waals surface area contributed by atoms with Crippen molar-refractivity contribution in [3.05, 3.63) is 77.6 Å². The van der Waals surface area contributed by atoms with Crippen molar-refractivity contribution in [2.75, 3.05) is 17.7 Å². The molecule has 0 saturated heterocycles. The van der Waals surface area contributed by atoms with E-state index in [0.717, 1.165) is 11.3 Å². The monoisotopic (exact) mass is 376 g/mol. The van der Waals surface area contributed by atoms with Gasteiger partial charge in [-0.25, -0.2) is 9.97 Å². The molecule has 0 fully saturated rings. The average molecular weight is 376 g/mol. The number of methoxy groups -OCH3 is 1. The van der Waals surface area contributed by atoms with Crippen LogP contribution in [0.3, 0.4) is 0 Å². The second-order valence-electron chi connectivity index (χ2n) is 6.02. The average Bonchev–Trinajstić information content (AvgIpc) is 2.72. The molecule has 7 heteroatoms. The maximum Gasteiger partial charge on any atom is 0.274 e. The Labute approximate surface area is 162 Å². The molecule has 7 nitrogen and oxygen atoms in total. The topological polar surface area (TPSA) is 93.2 Å². The molecule has 2 N–H and O–H groups in total. The molecule has 0 aliphatic rings. The quantitative estimate of drug-likeness (QED) is 0.613. The predicted octanol–water partition coefficient (Wildman–Crippen LogP) is 3.55. The number of benzene rings is 2. The minimum Gasteiger partial charge on any atom is -0.496 e. The number of carbonyl (C=O) groups excluding carboxylic acids is 2. The summed E-state index contributed by atoms with van der Waals surface area (Å²) in [6, 6.07) is 15.9. The maximum absolute atomic E-state index is 12.5. The molecule has 0 unspecified atom stereocenters. The van der Waals surface area contributed by atoms with Gasteiger partial charge in [0.15, 0.2) is 5.78 Å². The van der Waals surface area contributed by atoms with E-state index in [1.165, 1.54) is 19.2 Å². The summed E-state index contributed by atoms with van der Waals surface area (Å²) in [6.07, 6.45) is 1.51. The van der Waals surface area contributed by atoms with Crippen LogP contribution >= 0.6 is 0 Å². The minimum atomic E-state index is -0.386. The highest BCUT2D eigenvalue weighted by atomic mass is 16.5. The van der Waals surface area contributed by atoms with E-state index in [4.69, 9.17) is 4.74 Å². The van der Waals surface area contributed by atoms with Gasteiger partial charge < -0.3 is 15.4 Å². The number of rotatable bonds is 7. The minimum absolute atomic E-state index is 0.0686. The molecule has 2 aromatic carbocycles. The molecule has 28 heavy (non-hydrogen) atoms. The first-order chi connectivity index (χ1) is 13.6. The third-order valence-electron chi connectivity index (χ3n) is 4.04. The molecule has 0 atom stereocenters. The standard InChI is InChI=1S/C21H20N4O3/c1-14(26)15-7-5-8-17(12-15)24-20(27)18-10-11-22-21(25-18)23-13-16-6-3-4-9-19(16)28-2/h3-12H,13H2,1-2H3,(H,24,27)(H,22,23,25). The van der Waals surface area contributed by atoms with Gasteiger partial charge in [-0.3, -0.25) is 9.59 Å². The first-order valence-electron chi connectivity index (χ1n) is 8.68. The second kappa shape index (κ2) is 8.77. The van der Waals surface area contributed by atoms with Gasteiger partial charge >= 0.3 is 0 Å². The van der Waals surface area contributed by atoms with E-state index < -0.39 is 0 Å². The Hall–Kier alpha value is -3.74. The fourth-order valence-corrected chi connectivity index (χ4v) is 2.60. The number of hydrogen-bond donors (Lipinski definition) is 2. The summed E-state index contributed by atoms with van der Waals surface area (Å²) in [5.74, 6) is 0.634. The summed E-state index contributed by atoms with van der Waals surface area (Å²) < 4.78 is 5.32. The molecular weight excluding hydrogens is 356 g/mol. The van der Waals surface area contributed by atoms with Crippen LogP contribution < -0.4 is 15.4 Å². The van der Waals surface area contributed by atoms with Crippen molar-refractivity contribution in [3.63, 3.8) is 0 Å². The predicted molar refractivity (Wildman–Crippen MR) is 107 cm³/mol. The molecule has 0 aliphatic carbocycles. The number of hydrogen-bond acceptors (Lipinski definition) is 6. The van der Waals surface area contributed by atoms with Crippen LogP contribution in [0.4, 0.5) is 11.6 Å². The van der Waals surface area contributed by atoms with Gasteiger partial charge in [-0.05, 0) is 31.2 Å². The van der Waals surface area contributed by atoms with E-state index in [2.05, 4.69) is 20.6 Å². The summed E-state index contributed by atoms with van der Waals surface area (Å²) in [4.78, 5) is 32.4. The second-order valence-corrected chi connectivity index (χ2v) is 6.02. The smallest absolute Gasteiger partial charge is 0.274 e. The van der Waals surface area contributed by atoms with E-state index in [1.807, 2.05) is 24.3 Å². The van der Waals surface area contributed by atoms with Gasteiger partial charge in [-0.15, -0.1) is 0 Å². The summed E-state index contributed by atoms with van der Waals surface area (Å²) in [6.45, 7) is 1.93. The molecule has 1 heterocycles. The van der Waals surface area contributed by atoms with Gasteiger partial charge in [0.2, 0.25) is 5.95 Å². The number of carbonyl (C=O) groups is 2. The molecule has 1 amide bonds. The van der Waals surface area contributed by atoms with E-state index in [9.17, 15) is 9.59 Å². The fourth-order valence-electron chi connectivity index (χ4n) is 2.60. The molecule has 142 valence electrons. The molecule has 0 bridgehead atoms. The molecule has 0 aliphatic heterocycles. The third-order valence-corrected chi connectivity index (χ3v) is 4.04. The zero-order valence-corrected chi connectivity index (χ0v) is 15.6. The first-order valence-corrected chi connectivity index (χ1v) is 8.68. The number of para-hydroxylation sites is 1. The lowest BCUT2D eigenvalue weighted by Gasteiger charge is -2.10. The van der Waals surface area contributed by atoms with Crippen molar-refractivity contribution in [1.82, 2.24) is 9.97 Å². The van der Waals surface area contributed by atoms with Gasteiger partial charge in [-0.2, -0.15) is 0 Å². The van der Waals surface area contributed by atoms with Crippen LogP contribution in [0, 0.1) is 0 Å². The van der Waals surface area contributed by atoms with Gasteiger partial charge in [0.1, 0.15) is 11.4 Å². The number of aromatic nitrogens is 2. The Morgan fingerprint density at radius 3 is 2.68 bits per heavy atom. The number of Topliss-reactive ketones (excluding diaryl/α,β-unsaturated/α-hetero) is 1. The van der Waals surface area contributed by atoms with Crippen LogP contribution in [0.15, 0.2) is 60.8 Å². The molecule has 1 aromatic heterocycles. The van der Waals surface area contributed by atoms with Crippen molar-refractivity contribution in [2.45, 2.75) is 13.5 Å². The van der Waals surface area contributed by atoms with E-state index in [-0.39, 0.29) is 17.4 Å². The number of ether oxygens (including phenoxy) is 1. The summed E-state index contributed by atoms with van der Waals surface area (Å²) in [5.41, 5.74) is 2.22. The highest BCUT2D eigenvalue weighted by Crippen LogP contribution is 2.18. The molecule has 0 saturated carbocycles. The Kier molecular flexibility index (Phi) is 5.96. The van der Waals surface area contributed by atoms with Crippen molar-refractivity contribution < 1.29 is 14.3 Å². The largest absolute Gasteiger partial charge is 0.496 e. The SMILES string of the molecule is COc1ccccc1CNc1nccc(C(=O)Nc2cccc(C(C)=O)c2)n1. The van der Waals surface area contributed by atoms with Gasteiger partial charge in [-0.1, -0.05) is 30.3 Å². The van der Waals surface area contributed by atoms with Gasteiger partial charge in [0, 0.05) is 29.6 Å². The Bertz CT molecular complexity index is 1000. The molecular formula is C21H20N4O3. The normalized spacial score (nSPS) is 10.2. The molecule has 3 aromatic rings. The van der Waals surface area contributed by atoms with Crippen LogP contribution in [0.2, 0.25) is 0 Å². The lowest BCUT2D eigenvalue weighted by atomic mass is 10.1. The molecule has 0 radical (unpaired) electrons. The number of ketones is 1. The Morgan fingerprint density at radius 1 is 1.07 bits per heavy atom. The highest BCUT2D eigenvalue weighted by molar-refractivity contribution is 6.04. The molecule has 0 spiro atoms. The lowest BCUT2D eigenvalue weighted by molar-refractivity contribution is 0.100. The summed E-state index contributed by atoms with van der Waals surface area (Å²) in [5, 5.41) is 5.84. The Balaban J connectivity index is 1.69.